The average Bonchev–Trinajstić information content (AvgIpc) is 2.67. The van der Waals surface area contributed by atoms with E-state index in [-0.39, 0.29) is 43.1 Å². The van der Waals surface area contributed by atoms with Crippen LogP contribution in [0.2, 0.25) is 0 Å². The fourth-order valence-electron chi connectivity index (χ4n) is 5.99. The molecule has 7 heteroatoms. The van der Waals surface area contributed by atoms with Crippen molar-refractivity contribution in [3.63, 3.8) is 0 Å². The molecule has 29 heavy (non-hydrogen) atoms. The summed E-state index contributed by atoms with van der Waals surface area (Å²) in [5, 5.41) is 0. The summed E-state index contributed by atoms with van der Waals surface area (Å²) in [6.07, 6.45) is 4.40. The summed E-state index contributed by atoms with van der Waals surface area (Å²) in [5.74, 6) is -2.35. The summed E-state index contributed by atoms with van der Waals surface area (Å²) < 4.78 is 33.4. The van der Waals surface area contributed by atoms with Gasteiger partial charge in [0.1, 0.15) is 5.60 Å². The van der Waals surface area contributed by atoms with Crippen molar-refractivity contribution in [2.75, 3.05) is 20.2 Å². The molecule has 3 fully saturated rings. The number of alkyl halides is 2. The van der Waals surface area contributed by atoms with Crippen LogP contribution in [0.4, 0.5) is 8.78 Å². The fraction of sp³-hybridized carbons (Fsp3) is 0.682. The maximum Gasteiger partial charge on any atom is 0.248 e. The van der Waals surface area contributed by atoms with Gasteiger partial charge in [0.2, 0.25) is 11.8 Å². The monoisotopic (exact) mass is 428 g/mol. The third kappa shape index (κ3) is 4.04. The normalized spacial score (nSPS) is 32.4. The van der Waals surface area contributed by atoms with Crippen LogP contribution < -0.4 is 5.73 Å². The minimum Gasteiger partial charge on any atom is -0.373 e. The molecule has 2 aliphatic carbocycles. The summed E-state index contributed by atoms with van der Waals surface area (Å²) in [6, 6.07) is 7.78. The van der Waals surface area contributed by atoms with Gasteiger partial charge in [-0.25, -0.2) is 8.78 Å². The van der Waals surface area contributed by atoms with E-state index in [0.29, 0.717) is 18.4 Å². The van der Waals surface area contributed by atoms with Crippen molar-refractivity contribution in [3.05, 3.63) is 35.4 Å². The molecular formula is C22H31ClF2N2O2. The Morgan fingerprint density at radius 3 is 2.31 bits per heavy atom. The molecule has 0 aromatic heterocycles. The van der Waals surface area contributed by atoms with E-state index >= 15 is 0 Å². The molecule has 0 radical (unpaired) electrons. The third-order valence-electron chi connectivity index (χ3n) is 7.37. The van der Waals surface area contributed by atoms with Crippen LogP contribution in [-0.2, 0) is 10.3 Å². The molecule has 1 aromatic carbocycles. The number of amides is 1. The van der Waals surface area contributed by atoms with E-state index in [1.165, 1.54) is 0 Å². The van der Waals surface area contributed by atoms with Gasteiger partial charge in [-0.05, 0) is 43.4 Å². The number of ether oxygens (including phenoxy) is 1. The van der Waals surface area contributed by atoms with E-state index in [1.54, 1.807) is 13.2 Å². The van der Waals surface area contributed by atoms with Gasteiger partial charge in [0.25, 0.3) is 0 Å². The zero-order chi connectivity index (χ0) is 19.9. The number of methoxy groups -OCH3 is 1. The molecule has 2 saturated carbocycles. The summed E-state index contributed by atoms with van der Waals surface area (Å²) in [7, 11) is 1.76. The van der Waals surface area contributed by atoms with Crippen LogP contribution in [0.1, 0.15) is 60.9 Å². The Kier molecular flexibility index (Phi) is 6.56. The number of hydrogen-bond donors (Lipinski definition) is 1. The van der Waals surface area contributed by atoms with Gasteiger partial charge in [-0.15, -0.1) is 12.4 Å². The van der Waals surface area contributed by atoms with Crippen LogP contribution in [0.5, 0.6) is 0 Å². The average molecular weight is 429 g/mol. The molecule has 4 nitrogen and oxygen atoms in total. The van der Waals surface area contributed by atoms with E-state index in [4.69, 9.17) is 10.5 Å². The van der Waals surface area contributed by atoms with E-state index in [0.717, 1.165) is 37.9 Å². The molecule has 1 aliphatic heterocycles. The van der Waals surface area contributed by atoms with E-state index in [2.05, 4.69) is 4.90 Å². The van der Waals surface area contributed by atoms with Gasteiger partial charge in [-0.2, -0.15) is 0 Å². The number of nitrogens with zero attached hydrogens (tertiary/aromatic N) is 1. The smallest absolute Gasteiger partial charge is 0.248 e. The molecule has 4 rings (SSSR count). The molecule has 2 bridgehead atoms. The molecule has 1 aromatic rings. The highest BCUT2D eigenvalue weighted by Gasteiger charge is 2.54. The topological polar surface area (TPSA) is 55.6 Å². The molecule has 3 aliphatic rings. The molecule has 1 saturated heterocycles. The Hall–Kier alpha value is -1.24. The molecule has 0 unspecified atom stereocenters. The SMILES string of the molecule is CO[C@@]1(c2cccc(C(N)=O)c2)[C@@H]2CCC[C@H]1CN(C1CCC(F)(F)CC1)C2.Cl. The number of piperidine rings is 1. The molecule has 2 N–H and O–H groups in total. The first-order chi connectivity index (χ1) is 13.4. The number of carbonyl (C=O) groups is 1. The van der Waals surface area contributed by atoms with E-state index in [1.807, 2.05) is 18.2 Å². The molecule has 1 heterocycles. The zero-order valence-corrected chi connectivity index (χ0v) is 17.7. The van der Waals surface area contributed by atoms with Gasteiger partial charge < -0.3 is 10.5 Å². The van der Waals surface area contributed by atoms with Crippen molar-refractivity contribution < 1.29 is 18.3 Å². The van der Waals surface area contributed by atoms with Crippen molar-refractivity contribution in [2.45, 2.75) is 62.5 Å². The highest BCUT2D eigenvalue weighted by molar-refractivity contribution is 5.92. The number of nitrogens with two attached hydrogens (primary N) is 1. The third-order valence-corrected chi connectivity index (χ3v) is 7.37. The summed E-state index contributed by atoms with van der Waals surface area (Å²) >= 11 is 0. The van der Waals surface area contributed by atoms with Crippen LogP contribution in [-0.4, -0.2) is 43.0 Å². The second-order valence-corrected chi connectivity index (χ2v) is 8.81. The Morgan fingerprint density at radius 2 is 1.76 bits per heavy atom. The van der Waals surface area contributed by atoms with Gasteiger partial charge in [0.05, 0.1) is 0 Å². The van der Waals surface area contributed by atoms with Crippen molar-refractivity contribution in [3.8, 4) is 0 Å². The van der Waals surface area contributed by atoms with E-state index in [9.17, 15) is 13.6 Å². The molecule has 3 atom stereocenters. The Morgan fingerprint density at radius 1 is 1.14 bits per heavy atom. The van der Waals surface area contributed by atoms with Crippen LogP contribution in [0.25, 0.3) is 0 Å². The molecule has 1 amide bonds. The summed E-state index contributed by atoms with van der Waals surface area (Å²) in [4.78, 5) is 14.1. The lowest BCUT2D eigenvalue weighted by atomic mass is 9.62. The maximum atomic E-state index is 13.6. The second kappa shape index (κ2) is 8.48. The Bertz CT molecular complexity index is 721. The maximum absolute atomic E-state index is 13.6. The highest BCUT2D eigenvalue weighted by atomic mass is 35.5. The van der Waals surface area contributed by atoms with Crippen LogP contribution >= 0.6 is 12.4 Å². The number of halogens is 3. The number of fused-ring (bicyclic) bond motifs is 2. The lowest BCUT2D eigenvalue weighted by Crippen LogP contribution is -2.61. The van der Waals surface area contributed by atoms with Gasteiger partial charge in [0.15, 0.2) is 0 Å². The fourth-order valence-corrected chi connectivity index (χ4v) is 5.99. The number of rotatable bonds is 4. The number of primary amides is 1. The predicted molar refractivity (Wildman–Crippen MR) is 111 cm³/mol. The van der Waals surface area contributed by atoms with Gasteiger partial charge in [-0.1, -0.05) is 18.6 Å². The summed E-state index contributed by atoms with van der Waals surface area (Å²) in [5.41, 5.74) is 6.60. The van der Waals surface area contributed by atoms with Crippen molar-refractivity contribution in [1.82, 2.24) is 4.90 Å². The Labute approximate surface area is 177 Å². The van der Waals surface area contributed by atoms with Gasteiger partial charge in [-0.3, -0.25) is 9.69 Å². The first-order valence-corrected chi connectivity index (χ1v) is 10.4. The lowest BCUT2D eigenvalue weighted by molar-refractivity contribution is -0.178. The van der Waals surface area contributed by atoms with E-state index < -0.39 is 17.4 Å². The van der Waals surface area contributed by atoms with Crippen molar-refractivity contribution in [1.29, 1.82) is 0 Å². The number of benzene rings is 1. The van der Waals surface area contributed by atoms with Gasteiger partial charge in [0, 0.05) is 56.5 Å². The molecule has 162 valence electrons. The molecule has 0 spiro atoms. The zero-order valence-electron chi connectivity index (χ0n) is 16.9. The second-order valence-electron chi connectivity index (χ2n) is 8.81. The van der Waals surface area contributed by atoms with Crippen molar-refractivity contribution in [2.24, 2.45) is 17.6 Å². The number of carbonyl (C=O) groups excluding carboxylic acids is 1. The van der Waals surface area contributed by atoms with Crippen LogP contribution in [0.15, 0.2) is 24.3 Å². The first kappa shape index (κ1) is 22.4. The Balaban J connectivity index is 0.00000240. The van der Waals surface area contributed by atoms with Crippen LogP contribution in [0, 0.1) is 11.8 Å². The van der Waals surface area contributed by atoms with Crippen LogP contribution in [0.3, 0.4) is 0 Å². The predicted octanol–water partition coefficient (Wildman–Crippen LogP) is 4.36. The first-order valence-electron chi connectivity index (χ1n) is 10.4. The lowest BCUT2D eigenvalue weighted by Gasteiger charge is -2.57. The van der Waals surface area contributed by atoms with Gasteiger partial charge >= 0.3 is 0 Å². The highest BCUT2D eigenvalue weighted by Crippen LogP contribution is 2.52. The molecular weight excluding hydrogens is 398 g/mol. The largest absolute Gasteiger partial charge is 0.373 e. The minimum absolute atomic E-state index is 0. The number of likely N-dealkylation sites (tertiary alicyclic amines) is 1. The summed E-state index contributed by atoms with van der Waals surface area (Å²) in [6.45, 7) is 1.72. The number of hydrogen-bond acceptors (Lipinski definition) is 3. The minimum atomic E-state index is -2.49. The quantitative estimate of drug-likeness (QED) is 0.775. The standard InChI is InChI=1S/C22H30F2N2O2.ClH/c1-28-22(16-5-2-4-15(12-16)20(25)27)17-6-3-7-18(22)14-26(13-17)19-8-10-21(23,24)11-9-19;/h2,4-5,12,17-19H,3,6-11,13-14H2,1H3,(H2,25,27);1H/t17-,18+,22+;. The van der Waals surface area contributed by atoms with Crippen molar-refractivity contribution >= 4 is 18.3 Å².